The molecule has 5 nitrogen and oxygen atoms in total. The Labute approximate surface area is 192 Å². The predicted octanol–water partition coefficient (Wildman–Crippen LogP) is 4.66. The lowest BCUT2D eigenvalue weighted by Gasteiger charge is -2.29. The maximum atomic E-state index is 13.3. The molecular formula is C26H22N2O3S. The van der Waals surface area contributed by atoms with Crippen LogP contribution in [0, 0.1) is 0 Å². The van der Waals surface area contributed by atoms with Crippen LogP contribution in [0.1, 0.15) is 23.6 Å². The van der Waals surface area contributed by atoms with Gasteiger partial charge in [0.1, 0.15) is 17.9 Å². The highest BCUT2D eigenvalue weighted by Crippen LogP contribution is 2.26. The van der Waals surface area contributed by atoms with Gasteiger partial charge in [0.2, 0.25) is 0 Å². The summed E-state index contributed by atoms with van der Waals surface area (Å²) >= 11 is 5.28. The summed E-state index contributed by atoms with van der Waals surface area (Å²) in [6.07, 6.45) is 2.44. The van der Waals surface area contributed by atoms with Gasteiger partial charge < -0.3 is 4.74 Å². The van der Waals surface area contributed by atoms with Crippen molar-refractivity contribution >= 4 is 40.9 Å². The number of nitrogens with one attached hydrogen (secondary N) is 1. The standard InChI is InChI=1S/C26H22N2O3S/c1-2-18-12-14-21(15-13-18)28-25(30)22(24(29)27-26(28)32)16-20-10-6-7-11-23(20)31-17-19-8-4-3-5-9-19/h3-16H,2,17H2,1H3,(H,27,29,32)/b22-16+. The van der Waals surface area contributed by atoms with Crippen LogP contribution in [0.25, 0.3) is 6.08 Å². The Balaban J connectivity index is 1.63. The zero-order valence-electron chi connectivity index (χ0n) is 17.6. The maximum Gasteiger partial charge on any atom is 0.270 e. The summed E-state index contributed by atoms with van der Waals surface area (Å²) in [5.41, 5.74) is 3.41. The number of ether oxygens (including phenoxy) is 1. The van der Waals surface area contributed by atoms with E-state index in [1.165, 1.54) is 4.90 Å². The molecule has 2 amide bonds. The third kappa shape index (κ3) is 4.60. The smallest absolute Gasteiger partial charge is 0.270 e. The van der Waals surface area contributed by atoms with Gasteiger partial charge in [-0.2, -0.15) is 0 Å². The first-order chi connectivity index (χ1) is 15.6. The number of thiocarbonyl (C=S) groups is 1. The zero-order chi connectivity index (χ0) is 22.5. The van der Waals surface area contributed by atoms with Gasteiger partial charge in [-0.25, -0.2) is 0 Å². The molecule has 0 atom stereocenters. The molecule has 1 aliphatic heterocycles. The summed E-state index contributed by atoms with van der Waals surface area (Å²) in [5, 5.41) is 2.69. The van der Waals surface area contributed by atoms with E-state index in [9.17, 15) is 9.59 Å². The van der Waals surface area contributed by atoms with E-state index in [4.69, 9.17) is 17.0 Å². The number of hydrogen-bond acceptors (Lipinski definition) is 4. The Kier molecular flexibility index (Phi) is 6.42. The van der Waals surface area contributed by atoms with Crippen LogP contribution in [0.4, 0.5) is 5.69 Å². The highest BCUT2D eigenvalue weighted by atomic mass is 32.1. The minimum atomic E-state index is -0.528. The fourth-order valence-electron chi connectivity index (χ4n) is 3.39. The molecule has 6 heteroatoms. The summed E-state index contributed by atoms with van der Waals surface area (Å²) in [4.78, 5) is 27.2. The summed E-state index contributed by atoms with van der Waals surface area (Å²) in [6.45, 7) is 2.44. The first-order valence-electron chi connectivity index (χ1n) is 10.3. The van der Waals surface area contributed by atoms with E-state index < -0.39 is 11.8 Å². The molecule has 1 fully saturated rings. The highest BCUT2D eigenvalue weighted by Gasteiger charge is 2.34. The second-order valence-electron chi connectivity index (χ2n) is 7.29. The maximum absolute atomic E-state index is 13.3. The second kappa shape index (κ2) is 9.58. The van der Waals surface area contributed by atoms with E-state index in [-0.39, 0.29) is 10.7 Å². The number of carbonyl (C=O) groups is 2. The van der Waals surface area contributed by atoms with Gasteiger partial charge in [0.25, 0.3) is 11.8 Å². The van der Waals surface area contributed by atoms with Crippen molar-refractivity contribution < 1.29 is 14.3 Å². The predicted molar refractivity (Wildman–Crippen MR) is 129 cm³/mol. The van der Waals surface area contributed by atoms with Gasteiger partial charge in [-0.3, -0.25) is 19.8 Å². The molecule has 0 aliphatic carbocycles. The largest absolute Gasteiger partial charge is 0.488 e. The van der Waals surface area contributed by atoms with Crippen molar-refractivity contribution in [2.45, 2.75) is 20.0 Å². The highest BCUT2D eigenvalue weighted by molar-refractivity contribution is 7.80. The molecule has 4 rings (SSSR count). The monoisotopic (exact) mass is 442 g/mol. The molecule has 1 N–H and O–H groups in total. The lowest BCUT2D eigenvalue weighted by Crippen LogP contribution is -2.54. The van der Waals surface area contributed by atoms with Crippen molar-refractivity contribution in [3.05, 3.63) is 101 Å². The molecule has 0 spiro atoms. The quantitative estimate of drug-likeness (QED) is 0.343. The van der Waals surface area contributed by atoms with Crippen LogP contribution in [0.15, 0.2) is 84.4 Å². The van der Waals surface area contributed by atoms with E-state index in [0.717, 1.165) is 17.5 Å². The normalized spacial score (nSPS) is 15.1. The first-order valence-corrected chi connectivity index (χ1v) is 10.7. The number of benzene rings is 3. The van der Waals surface area contributed by atoms with Gasteiger partial charge in [-0.05, 0) is 54.0 Å². The summed E-state index contributed by atoms with van der Waals surface area (Å²) in [7, 11) is 0. The minimum absolute atomic E-state index is 0.00562. The molecule has 3 aromatic rings. The fourth-order valence-corrected chi connectivity index (χ4v) is 3.68. The van der Waals surface area contributed by atoms with E-state index in [2.05, 4.69) is 12.2 Å². The number of carbonyl (C=O) groups excluding carboxylic acids is 2. The SMILES string of the molecule is CCc1ccc(N2C(=O)/C(=C/c3ccccc3OCc3ccccc3)C(=O)NC2=S)cc1. The van der Waals surface area contributed by atoms with E-state index >= 15 is 0 Å². The van der Waals surface area contributed by atoms with E-state index in [1.54, 1.807) is 12.1 Å². The Morgan fingerprint density at radius 3 is 2.31 bits per heavy atom. The van der Waals surface area contributed by atoms with Gasteiger partial charge in [0.15, 0.2) is 5.11 Å². The number of anilines is 1. The number of para-hydroxylation sites is 1. The molecule has 32 heavy (non-hydrogen) atoms. The van der Waals surface area contributed by atoms with Gasteiger partial charge in [0.05, 0.1) is 5.69 Å². The molecule has 160 valence electrons. The number of rotatable bonds is 6. The lowest BCUT2D eigenvalue weighted by molar-refractivity contribution is -0.122. The van der Waals surface area contributed by atoms with Crippen molar-refractivity contribution in [3.8, 4) is 5.75 Å². The Bertz CT molecular complexity index is 1190. The van der Waals surface area contributed by atoms with Gasteiger partial charge in [-0.15, -0.1) is 0 Å². The lowest BCUT2D eigenvalue weighted by atomic mass is 10.1. The minimum Gasteiger partial charge on any atom is -0.488 e. The van der Waals surface area contributed by atoms with Crippen molar-refractivity contribution in [1.82, 2.24) is 5.32 Å². The summed E-state index contributed by atoms with van der Waals surface area (Å²) in [5.74, 6) is -0.420. The summed E-state index contributed by atoms with van der Waals surface area (Å²) < 4.78 is 5.97. The number of hydrogen-bond donors (Lipinski definition) is 1. The van der Waals surface area contributed by atoms with Crippen LogP contribution in [0.3, 0.4) is 0 Å². The van der Waals surface area contributed by atoms with Crippen LogP contribution in [0.5, 0.6) is 5.75 Å². The van der Waals surface area contributed by atoms with Gasteiger partial charge >= 0.3 is 0 Å². The molecule has 1 heterocycles. The number of nitrogens with zero attached hydrogens (tertiary/aromatic N) is 1. The van der Waals surface area contributed by atoms with Crippen LogP contribution in [-0.4, -0.2) is 16.9 Å². The zero-order valence-corrected chi connectivity index (χ0v) is 18.4. The molecule has 0 aromatic heterocycles. The van der Waals surface area contributed by atoms with Crippen molar-refractivity contribution in [2.75, 3.05) is 4.90 Å². The van der Waals surface area contributed by atoms with Crippen LogP contribution >= 0.6 is 12.2 Å². The first kappa shape index (κ1) is 21.5. The number of amides is 2. The molecule has 0 unspecified atom stereocenters. The molecular weight excluding hydrogens is 420 g/mol. The van der Waals surface area contributed by atoms with E-state index in [1.807, 2.05) is 72.8 Å². The van der Waals surface area contributed by atoms with Gasteiger partial charge in [0, 0.05) is 5.56 Å². The third-order valence-electron chi connectivity index (χ3n) is 5.16. The van der Waals surface area contributed by atoms with Crippen molar-refractivity contribution in [1.29, 1.82) is 0 Å². The van der Waals surface area contributed by atoms with Crippen LogP contribution in [-0.2, 0) is 22.6 Å². The Morgan fingerprint density at radius 1 is 0.906 bits per heavy atom. The summed E-state index contributed by atoms with van der Waals surface area (Å²) in [6, 6.07) is 24.6. The molecule has 0 saturated carbocycles. The Hall–Kier alpha value is -3.77. The van der Waals surface area contributed by atoms with Crippen molar-refractivity contribution in [2.24, 2.45) is 0 Å². The van der Waals surface area contributed by atoms with Crippen LogP contribution in [0.2, 0.25) is 0 Å². The average Bonchev–Trinajstić information content (AvgIpc) is 2.82. The Morgan fingerprint density at radius 2 is 1.59 bits per heavy atom. The van der Waals surface area contributed by atoms with E-state index in [0.29, 0.717) is 23.6 Å². The van der Waals surface area contributed by atoms with Crippen LogP contribution < -0.4 is 15.0 Å². The average molecular weight is 443 g/mol. The topological polar surface area (TPSA) is 58.6 Å². The molecule has 1 aliphatic rings. The van der Waals surface area contributed by atoms with Gasteiger partial charge in [-0.1, -0.05) is 67.6 Å². The fraction of sp³-hybridized carbons (Fsp3) is 0.115. The second-order valence-corrected chi connectivity index (χ2v) is 7.68. The molecule has 3 aromatic carbocycles. The molecule has 0 bridgehead atoms. The molecule has 0 radical (unpaired) electrons. The van der Waals surface area contributed by atoms with Crippen molar-refractivity contribution in [3.63, 3.8) is 0 Å². The third-order valence-corrected chi connectivity index (χ3v) is 5.45. The number of aryl methyl sites for hydroxylation is 1. The molecule has 1 saturated heterocycles.